The van der Waals surface area contributed by atoms with Crippen LogP contribution in [-0.2, 0) is 4.79 Å². The molecule has 0 saturated carbocycles. The van der Waals surface area contributed by atoms with Crippen LogP contribution in [0.15, 0.2) is 0 Å². The van der Waals surface area contributed by atoms with Gasteiger partial charge in [-0.15, -0.1) is 0 Å². The maximum atomic E-state index is 11.6. The van der Waals surface area contributed by atoms with E-state index in [1.54, 1.807) is 0 Å². The monoisotopic (exact) mass is 271 g/mol. The highest BCUT2D eigenvalue weighted by Crippen LogP contribution is 2.08. The molecule has 0 aliphatic carbocycles. The van der Waals surface area contributed by atoms with Crippen molar-refractivity contribution in [3.63, 3.8) is 0 Å². The van der Waals surface area contributed by atoms with Gasteiger partial charge in [0, 0.05) is 19.0 Å². The molecule has 19 heavy (non-hydrogen) atoms. The van der Waals surface area contributed by atoms with E-state index in [1.807, 2.05) is 0 Å². The lowest BCUT2D eigenvalue weighted by Gasteiger charge is -2.20. The topological polar surface area (TPSA) is 58.4 Å². The summed E-state index contributed by atoms with van der Waals surface area (Å²) < 4.78 is 0. The van der Waals surface area contributed by atoms with Crippen LogP contribution in [0.25, 0.3) is 0 Å². The summed E-state index contributed by atoms with van der Waals surface area (Å²) in [5.74, 6) is 0.733. The van der Waals surface area contributed by atoms with Crippen molar-refractivity contribution >= 4 is 5.91 Å². The van der Waals surface area contributed by atoms with Crippen LogP contribution in [0.1, 0.15) is 52.9 Å². The molecule has 0 aromatic rings. The van der Waals surface area contributed by atoms with Gasteiger partial charge in [0.05, 0.1) is 0 Å². The Morgan fingerprint density at radius 2 is 1.89 bits per heavy atom. The fraction of sp³-hybridized carbons (Fsp3) is 0.933. The van der Waals surface area contributed by atoms with Gasteiger partial charge in [0.15, 0.2) is 0 Å². The molecule has 4 heteroatoms. The molecule has 4 nitrogen and oxygen atoms in total. The molecule has 0 aromatic carbocycles. The molecule has 0 fully saturated rings. The van der Waals surface area contributed by atoms with Crippen molar-refractivity contribution in [1.29, 1.82) is 0 Å². The normalized spacial score (nSPS) is 13.0. The van der Waals surface area contributed by atoms with E-state index in [-0.39, 0.29) is 5.91 Å². The summed E-state index contributed by atoms with van der Waals surface area (Å²) in [6.07, 6.45) is 4.78. The highest BCUT2D eigenvalue weighted by Gasteiger charge is 2.06. The molecule has 0 saturated heterocycles. The fourth-order valence-corrected chi connectivity index (χ4v) is 1.87. The molecule has 1 atom stereocenters. The van der Waals surface area contributed by atoms with Crippen molar-refractivity contribution in [1.82, 2.24) is 10.2 Å². The van der Waals surface area contributed by atoms with Gasteiger partial charge in [-0.05, 0) is 65.6 Å². The van der Waals surface area contributed by atoms with Gasteiger partial charge in [-0.25, -0.2) is 0 Å². The number of rotatable bonds is 11. The summed E-state index contributed by atoms with van der Waals surface area (Å²) in [6, 6.07) is 0.596. The van der Waals surface area contributed by atoms with Crippen molar-refractivity contribution in [3.8, 4) is 0 Å². The molecular formula is C15H33N3O. The Hall–Kier alpha value is -0.610. The minimum atomic E-state index is 0.182. The van der Waals surface area contributed by atoms with Crippen LogP contribution in [0.4, 0.5) is 0 Å². The molecule has 1 amide bonds. The summed E-state index contributed by atoms with van der Waals surface area (Å²) in [6.45, 7) is 9.17. The maximum Gasteiger partial charge on any atom is 0.220 e. The molecule has 0 bridgehead atoms. The second-order valence-electron chi connectivity index (χ2n) is 5.85. The first-order valence-corrected chi connectivity index (χ1v) is 7.64. The second kappa shape index (κ2) is 11.2. The van der Waals surface area contributed by atoms with E-state index in [9.17, 15) is 4.79 Å². The lowest BCUT2D eigenvalue weighted by molar-refractivity contribution is -0.121. The Morgan fingerprint density at radius 3 is 2.47 bits per heavy atom. The number of nitrogens with zero attached hydrogens (tertiary/aromatic N) is 1. The zero-order valence-corrected chi connectivity index (χ0v) is 13.2. The largest absolute Gasteiger partial charge is 0.356 e. The molecule has 0 aliphatic rings. The second-order valence-corrected chi connectivity index (χ2v) is 5.85. The van der Waals surface area contributed by atoms with Gasteiger partial charge in [0.2, 0.25) is 5.91 Å². The van der Waals surface area contributed by atoms with E-state index >= 15 is 0 Å². The van der Waals surface area contributed by atoms with Crippen LogP contribution in [0, 0.1) is 5.92 Å². The van der Waals surface area contributed by atoms with Crippen LogP contribution in [0.2, 0.25) is 0 Å². The van der Waals surface area contributed by atoms with Gasteiger partial charge in [0.25, 0.3) is 0 Å². The first-order chi connectivity index (χ1) is 8.97. The highest BCUT2D eigenvalue weighted by atomic mass is 16.1. The summed E-state index contributed by atoms with van der Waals surface area (Å²) in [4.78, 5) is 13.9. The molecule has 1 unspecified atom stereocenters. The minimum absolute atomic E-state index is 0.182. The molecule has 0 spiro atoms. The third kappa shape index (κ3) is 11.0. The number of hydrogen-bond acceptors (Lipinski definition) is 3. The van der Waals surface area contributed by atoms with Gasteiger partial charge in [0.1, 0.15) is 0 Å². The smallest absolute Gasteiger partial charge is 0.220 e. The van der Waals surface area contributed by atoms with Crippen LogP contribution in [0.3, 0.4) is 0 Å². The van der Waals surface area contributed by atoms with E-state index in [1.165, 1.54) is 0 Å². The third-order valence-electron chi connectivity index (χ3n) is 3.66. The average molecular weight is 271 g/mol. The van der Waals surface area contributed by atoms with Crippen molar-refractivity contribution in [3.05, 3.63) is 0 Å². The van der Waals surface area contributed by atoms with Gasteiger partial charge >= 0.3 is 0 Å². The van der Waals surface area contributed by atoms with Gasteiger partial charge in [-0.3, -0.25) is 4.79 Å². The maximum absolute atomic E-state index is 11.6. The van der Waals surface area contributed by atoms with Crippen LogP contribution in [-0.4, -0.2) is 43.5 Å². The number of nitrogens with two attached hydrogens (primary N) is 1. The first kappa shape index (κ1) is 18.4. The molecule has 0 aliphatic heterocycles. The van der Waals surface area contributed by atoms with E-state index in [2.05, 4.69) is 38.0 Å². The zero-order chi connectivity index (χ0) is 14.7. The number of nitrogens with one attached hydrogen (secondary N) is 1. The highest BCUT2D eigenvalue weighted by molar-refractivity contribution is 5.75. The number of amides is 1. The summed E-state index contributed by atoms with van der Waals surface area (Å²) >= 11 is 0. The SMILES string of the molecule is CC(CCN)CCC(=O)NCCCCN(C)C(C)C. The Bertz CT molecular complexity index is 231. The lowest BCUT2D eigenvalue weighted by atomic mass is 10.0. The standard InChI is InChI=1S/C15H33N3O/c1-13(2)18(4)12-6-5-11-17-15(19)8-7-14(3)9-10-16/h13-14H,5-12,16H2,1-4H3,(H,17,19). The Morgan fingerprint density at radius 1 is 1.21 bits per heavy atom. The average Bonchev–Trinajstić information content (AvgIpc) is 2.36. The van der Waals surface area contributed by atoms with Crippen molar-refractivity contribution in [2.24, 2.45) is 11.7 Å². The predicted molar refractivity (Wildman–Crippen MR) is 82.1 cm³/mol. The third-order valence-corrected chi connectivity index (χ3v) is 3.66. The van der Waals surface area contributed by atoms with Crippen molar-refractivity contribution in [2.75, 3.05) is 26.7 Å². The fourth-order valence-electron chi connectivity index (χ4n) is 1.87. The first-order valence-electron chi connectivity index (χ1n) is 7.64. The predicted octanol–water partition coefficient (Wildman–Crippen LogP) is 1.99. The quantitative estimate of drug-likeness (QED) is 0.565. The number of hydrogen-bond donors (Lipinski definition) is 2. The van der Waals surface area contributed by atoms with Crippen LogP contribution >= 0.6 is 0 Å². The minimum Gasteiger partial charge on any atom is -0.356 e. The van der Waals surface area contributed by atoms with Gasteiger partial charge < -0.3 is 16.0 Å². The van der Waals surface area contributed by atoms with E-state index in [0.717, 1.165) is 38.8 Å². The Balaban J connectivity index is 3.43. The molecule has 114 valence electrons. The molecule has 0 radical (unpaired) electrons. The van der Waals surface area contributed by atoms with Gasteiger partial charge in [-0.1, -0.05) is 6.92 Å². The summed E-state index contributed by atoms with van der Waals surface area (Å²) in [7, 11) is 2.14. The Labute approximate surface area is 119 Å². The molecular weight excluding hydrogens is 238 g/mol. The molecule has 0 rings (SSSR count). The lowest BCUT2D eigenvalue weighted by Crippen LogP contribution is -2.29. The number of carbonyl (C=O) groups excluding carboxylic acids is 1. The van der Waals surface area contributed by atoms with Gasteiger partial charge in [-0.2, -0.15) is 0 Å². The molecule has 0 aromatic heterocycles. The zero-order valence-electron chi connectivity index (χ0n) is 13.2. The summed E-state index contributed by atoms with van der Waals surface area (Å²) in [5.41, 5.74) is 5.49. The van der Waals surface area contributed by atoms with Crippen molar-refractivity contribution in [2.45, 2.75) is 58.9 Å². The van der Waals surface area contributed by atoms with E-state index < -0.39 is 0 Å². The van der Waals surface area contributed by atoms with E-state index in [0.29, 0.717) is 24.9 Å². The van der Waals surface area contributed by atoms with Crippen LogP contribution in [0.5, 0.6) is 0 Å². The number of unbranched alkanes of at least 4 members (excludes halogenated alkanes) is 1. The number of carbonyl (C=O) groups is 1. The van der Waals surface area contributed by atoms with Crippen LogP contribution < -0.4 is 11.1 Å². The van der Waals surface area contributed by atoms with E-state index in [4.69, 9.17) is 5.73 Å². The summed E-state index contributed by atoms with van der Waals surface area (Å²) in [5, 5.41) is 2.99. The van der Waals surface area contributed by atoms with Crippen molar-refractivity contribution < 1.29 is 4.79 Å². The molecule has 3 N–H and O–H groups in total. The molecule has 0 heterocycles. The Kier molecular flexibility index (Phi) is 10.9.